The lowest BCUT2D eigenvalue weighted by Gasteiger charge is -2.22. The van der Waals surface area contributed by atoms with Crippen molar-refractivity contribution in [2.75, 3.05) is 11.9 Å². The normalized spacial score (nSPS) is 17.6. The summed E-state index contributed by atoms with van der Waals surface area (Å²) in [5.41, 5.74) is 0.862. The van der Waals surface area contributed by atoms with Crippen LogP contribution in [-0.4, -0.2) is 34.6 Å². The summed E-state index contributed by atoms with van der Waals surface area (Å²) in [6, 6.07) is 6.59. The summed E-state index contributed by atoms with van der Waals surface area (Å²) in [6.45, 7) is 0.851. The van der Waals surface area contributed by atoms with Crippen molar-refractivity contribution >= 4 is 17.7 Å². The molecule has 1 aromatic carbocycles. The van der Waals surface area contributed by atoms with E-state index in [1.807, 2.05) is 4.90 Å². The fourth-order valence-corrected chi connectivity index (χ4v) is 2.25. The molecule has 5 heteroatoms. The highest BCUT2D eigenvalue weighted by atomic mass is 16.4. The highest BCUT2D eigenvalue weighted by Gasteiger charge is 2.36. The van der Waals surface area contributed by atoms with E-state index in [2.05, 4.69) is 5.32 Å². The van der Waals surface area contributed by atoms with Crippen molar-refractivity contribution in [3.05, 3.63) is 29.8 Å². The Morgan fingerprint density at radius 1 is 1.15 bits per heavy atom. The van der Waals surface area contributed by atoms with Gasteiger partial charge >= 0.3 is 12.0 Å². The van der Waals surface area contributed by atoms with Gasteiger partial charge in [0.25, 0.3) is 0 Å². The number of anilines is 1. The van der Waals surface area contributed by atoms with Crippen LogP contribution in [0, 0.1) is 5.92 Å². The SMILES string of the molecule is O=C(O)c1ccc(NC(=O)N(CC2CC2)C2CC2)cc1. The van der Waals surface area contributed by atoms with Gasteiger partial charge in [0, 0.05) is 18.3 Å². The Morgan fingerprint density at radius 3 is 2.30 bits per heavy atom. The maximum atomic E-state index is 12.3. The molecule has 5 nitrogen and oxygen atoms in total. The molecule has 0 aromatic heterocycles. The Balaban J connectivity index is 1.62. The average molecular weight is 274 g/mol. The van der Waals surface area contributed by atoms with E-state index in [9.17, 15) is 9.59 Å². The Kier molecular flexibility index (Phi) is 3.34. The number of carbonyl (C=O) groups is 2. The summed E-state index contributed by atoms with van der Waals surface area (Å²) in [7, 11) is 0. The first-order chi connectivity index (χ1) is 9.63. The van der Waals surface area contributed by atoms with Gasteiger partial charge in [0.15, 0.2) is 0 Å². The molecule has 1 aromatic rings. The first kappa shape index (κ1) is 13.0. The van der Waals surface area contributed by atoms with Crippen molar-refractivity contribution in [1.82, 2.24) is 4.90 Å². The molecule has 0 heterocycles. The van der Waals surface area contributed by atoms with E-state index in [-0.39, 0.29) is 11.6 Å². The number of urea groups is 1. The third-order valence-electron chi connectivity index (χ3n) is 3.78. The van der Waals surface area contributed by atoms with E-state index in [0.717, 1.165) is 19.4 Å². The Bertz CT molecular complexity index is 518. The van der Waals surface area contributed by atoms with Gasteiger partial charge in [-0.3, -0.25) is 0 Å². The third kappa shape index (κ3) is 3.10. The van der Waals surface area contributed by atoms with E-state index in [0.29, 0.717) is 17.6 Å². The number of hydrogen-bond donors (Lipinski definition) is 2. The van der Waals surface area contributed by atoms with E-state index >= 15 is 0 Å². The molecule has 106 valence electrons. The second kappa shape index (κ2) is 5.15. The van der Waals surface area contributed by atoms with Gasteiger partial charge in [0.2, 0.25) is 0 Å². The molecule has 2 N–H and O–H groups in total. The van der Waals surface area contributed by atoms with Crippen LogP contribution in [0.25, 0.3) is 0 Å². The minimum atomic E-state index is -0.962. The van der Waals surface area contributed by atoms with Crippen molar-refractivity contribution in [2.45, 2.75) is 31.7 Å². The predicted octanol–water partition coefficient (Wildman–Crippen LogP) is 2.79. The van der Waals surface area contributed by atoms with Crippen molar-refractivity contribution in [2.24, 2.45) is 5.92 Å². The van der Waals surface area contributed by atoms with Crippen LogP contribution in [-0.2, 0) is 0 Å². The van der Waals surface area contributed by atoms with Crippen LogP contribution >= 0.6 is 0 Å². The van der Waals surface area contributed by atoms with Crippen LogP contribution in [0.15, 0.2) is 24.3 Å². The largest absolute Gasteiger partial charge is 0.478 e. The molecule has 0 aliphatic heterocycles. The fourth-order valence-electron chi connectivity index (χ4n) is 2.25. The standard InChI is InChI=1S/C15H18N2O3/c18-14(19)11-3-5-12(6-4-11)16-15(20)17(13-7-8-13)9-10-1-2-10/h3-6,10,13H,1-2,7-9H2,(H,16,20)(H,18,19). The zero-order chi connectivity index (χ0) is 14.1. The summed E-state index contributed by atoms with van der Waals surface area (Å²) in [5.74, 6) is -0.285. The van der Waals surface area contributed by atoms with Crippen molar-refractivity contribution < 1.29 is 14.7 Å². The first-order valence-electron chi connectivity index (χ1n) is 7.04. The molecule has 3 rings (SSSR count). The number of aromatic carboxylic acids is 1. The Labute approximate surface area is 117 Å². The molecule has 2 fully saturated rings. The number of amides is 2. The van der Waals surface area contributed by atoms with Crippen LogP contribution in [0.4, 0.5) is 10.5 Å². The zero-order valence-corrected chi connectivity index (χ0v) is 11.2. The number of benzene rings is 1. The quantitative estimate of drug-likeness (QED) is 0.867. The van der Waals surface area contributed by atoms with Crippen LogP contribution in [0.5, 0.6) is 0 Å². The molecule has 0 spiro atoms. The highest BCUT2D eigenvalue weighted by Crippen LogP contribution is 2.35. The molecular weight excluding hydrogens is 256 g/mol. The molecule has 2 amide bonds. The van der Waals surface area contributed by atoms with Gasteiger partial charge in [0.1, 0.15) is 0 Å². The number of rotatable bonds is 5. The molecule has 0 atom stereocenters. The van der Waals surface area contributed by atoms with Crippen LogP contribution in [0.3, 0.4) is 0 Å². The number of carboxylic acids is 1. The van der Waals surface area contributed by atoms with Gasteiger partial charge < -0.3 is 15.3 Å². The van der Waals surface area contributed by atoms with Crippen molar-refractivity contribution in [3.63, 3.8) is 0 Å². The summed E-state index contributed by atoms with van der Waals surface area (Å²) < 4.78 is 0. The van der Waals surface area contributed by atoms with Gasteiger partial charge in [-0.25, -0.2) is 9.59 Å². The molecule has 0 radical (unpaired) electrons. The van der Waals surface area contributed by atoms with E-state index < -0.39 is 5.97 Å². The predicted molar refractivity (Wildman–Crippen MR) is 74.9 cm³/mol. The average Bonchev–Trinajstić information content (AvgIpc) is 3.29. The van der Waals surface area contributed by atoms with Gasteiger partial charge in [-0.15, -0.1) is 0 Å². The lowest BCUT2D eigenvalue weighted by Crippen LogP contribution is -2.38. The van der Waals surface area contributed by atoms with Gasteiger partial charge in [0.05, 0.1) is 5.56 Å². The first-order valence-corrected chi connectivity index (χ1v) is 7.04. The number of hydrogen-bond acceptors (Lipinski definition) is 2. The molecule has 0 saturated heterocycles. The lowest BCUT2D eigenvalue weighted by molar-refractivity contribution is 0.0697. The third-order valence-corrected chi connectivity index (χ3v) is 3.78. The number of carbonyl (C=O) groups excluding carboxylic acids is 1. The Morgan fingerprint density at radius 2 is 1.80 bits per heavy atom. The molecular formula is C15H18N2O3. The summed E-state index contributed by atoms with van der Waals surface area (Å²) in [4.78, 5) is 25.0. The minimum Gasteiger partial charge on any atom is -0.478 e. The molecule has 2 aliphatic carbocycles. The summed E-state index contributed by atoms with van der Waals surface area (Å²) in [5, 5.41) is 11.7. The monoisotopic (exact) mass is 274 g/mol. The lowest BCUT2D eigenvalue weighted by atomic mass is 10.2. The summed E-state index contributed by atoms with van der Waals surface area (Å²) in [6.07, 6.45) is 4.64. The zero-order valence-electron chi connectivity index (χ0n) is 11.2. The maximum absolute atomic E-state index is 12.3. The number of nitrogens with one attached hydrogen (secondary N) is 1. The smallest absolute Gasteiger partial charge is 0.335 e. The number of nitrogens with zero attached hydrogens (tertiary/aromatic N) is 1. The second-order valence-electron chi connectivity index (χ2n) is 5.64. The molecule has 2 aliphatic rings. The van der Waals surface area contributed by atoms with Gasteiger partial charge in [-0.1, -0.05) is 0 Å². The number of carboxylic acid groups (broad SMARTS) is 1. The van der Waals surface area contributed by atoms with Crippen molar-refractivity contribution in [1.29, 1.82) is 0 Å². The van der Waals surface area contributed by atoms with Crippen molar-refractivity contribution in [3.8, 4) is 0 Å². The molecule has 20 heavy (non-hydrogen) atoms. The fraction of sp³-hybridized carbons (Fsp3) is 0.467. The second-order valence-corrected chi connectivity index (χ2v) is 5.64. The highest BCUT2D eigenvalue weighted by molar-refractivity contribution is 5.91. The van der Waals surface area contributed by atoms with Crippen LogP contribution < -0.4 is 5.32 Å². The molecule has 0 unspecified atom stereocenters. The molecule has 0 bridgehead atoms. The summed E-state index contributed by atoms with van der Waals surface area (Å²) >= 11 is 0. The molecule has 2 saturated carbocycles. The van der Waals surface area contributed by atoms with Gasteiger partial charge in [-0.05, 0) is 55.9 Å². The van der Waals surface area contributed by atoms with Crippen LogP contribution in [0.2, 0.25) is 0 Å². The Hall–Kier alpha value is -2.04. The minimum absolute atomic E-state index is 0.0672. The van der Waals surface area contributed by atoms with Crippen LogP contribution in [0.1, 0.15) is 36.0 Å². The van der Waals surface area contributed by atoms with Gasteiger partial charge in [-0.2, -0.15) is 0 Å². The van der Waals surface area contributed by atoms with E-state index in [1.54, 1.807) is 12.1 Å². The van der Waals surface area contributed by atoms with E-state index in [1.165, 1.54) is 25.0 Å². The topological polar surface area (TPSA) is 69.6 Å². The van der Waals surface area contributed by atoms with E-state index in [4.69, 9.17) is 5.11 Å². The maximum Gasteiger partial charge on any atom is 0.335 e.